The molecule has 0 bridgehead atoms. The summed E-state index contributed by atoms with van der Waals surface area (Å²) in [4.78, 5) is 43.3. The second-order valence-electron chi connectivity index (χ2n) is 10.9. The van der Waals surface area contributed by atoms with Crippen molar-refractivity contribution in [2.45, 2.75) is 67.3 Å². The molecule has 0 unspecified atom stereocenters. The van der Waals surface area contributed by atoms with Crippen molar-refractivity contribution in [3.63, 3.8) is 0 Å². The zero-order chi connectivity index (χ0) is 31.6. The van der Waals surface area contributed by atoms with Gasteiger partial charge >= 0.3 is 0 Å². The molecule has 0 saturated carbocycles. The van der Waals surface area contributed by atoms with E-state index in [1.807, 2.05) is 71.0 Å². The summed E-state index contributed by atoms with van der Waals surface area (Å²) in [6.45, 7) is 20.0. The first-order valence-electron chi connectivity index (χ1n) is 14.1. The summed E-state index contributed by atoms with van der Waals surface area (Å²) in [5.74, 6) is -0.417. The molecule has 2 N–H and O–H groups in total. The zero-order valence-corrected chi connectivity index (χ0v) is 26.4. The molecule has 0 heterocycles. The summed E-state index contributed by atoms with van der Waals surface area (Å²) in [6, 6.07) is 16.7. The van der Waals surface area contributed by atoms with E-state index in [4.69, 9.17) is 0 Å². The van der Waals surface area contributed by atoms with Crippen molar-refractivity contribution in [3.8, 4) is 0 Å². The predicted octanol–water partition coefficient (Wildman–Crippen LogP) is 7.61. The Morgan fingerprint density at radius 2 is 1.57 bits per heavy atom. The molecule has 0 aliphatic rings. The first kappa shape index (κ1) is 33.7. The molecule has 0 saturated heterocycles. The zero-order valence-electron chi connectivity index (χ0n) is 26.4. The average Bonchev–Trinajstić information content (AvgIpc) is 2.97. The van der Waals surface area contributed by atoms with Crippen LogP contribution < -0.4 is 10.6 Å². The van der Waals surface area contributed by atoms with Gasteiger partial charge in [-0.1, -0.05) is 59.4 Å². The van der Waals surface area contributed by atoms with Gasteiger partial charge in [0.25, 0.3) is 11.8 Å². The molecule has 222 valence electrons. The van der Waals surface area contributed by atoms with Gasteiger partial charge in [0.05, 0.1) is 6.54 Å². The normalized spacial score (nSPS) is 11.1. The summed E-state index contributed by atoms with van der Waals surface area (Å²) < 4.78 is 0. The quantitative estimate of drug-likeness (QED) is 0.174. The predicted molar refractivity (Wildman–Crippen MR) is 175 cm³/mol. The van der Waals surface area contributed by atoms with Crippen LogP contribution in [0.5, 0.6) is 0 Å². The number of aliphatic imine (C=N–C) groups is 1. The van der Waals surface area contributed by atoms with Gasteiger partial charge in [-0.15, -0.1) is 0 Å². The van der Waals surface area contributed by atoms with Gasteiger partial charge in [0.2, 0.25) is 0 Å². The van der Waals surface area contributed by atoms with Crippen LogP contribution in [0.25, 0.3) is 0 Å². The van der Waals surface area contributed by atoms with Crippen molar-refractivity contribution in [1.82, 2.24) is 4.90 Å². The lowest BCUT2D eigenvalue weighted by Gasteiger charge is -2.19. The number of likely N-dealkylation sites (N-methyl/N-ethyl adjacent to an activating group) is 1. The van der Waals surface area contributed by atoms with Crippen molar-refractivity contribution in [1.29, 1.82) is 0 Å². The Balaban J connectivity index is 0.00000301. The van der Waals surface area contributed by atoms with Gasteiger partial charge in [0, 0.05) is 29.5 Å². The molecule has 0 radical (unpaired) electrons. The van der Waals surface area contributed by atoms with Gasteiger partial charge in [-0.2, -0.15) is 0 Å². The highest BCUT2D eigenvalue weighted by molar-refractivity contribution is 6.42. The number of rotatable bonds is 7. The fourth-order valence-corrected chi connectivity index (χ4v) is 4.18. The van der Waals surface area contributed by atoms with Crippen molar-refractivity contribution in [2.24, 2.45) is 4.99 Å². The maximum atomic E-state index is 13.1. The van der Waals surface area contributed by atoms with E-state index in [0.29, 0.717) is 22.5 Å². The molecule has 7 heteroatoms. The van der Waals surface area contributed by atoms with Gasteiger partial charge in [0.1, 0.15) is 6.29 Å². The molecule has 0 atom stereocenters. The Kier molecular flexibility index (Phi) is 12.0. The fourth-order valence-electron chi connectivity index (χ4n) is 4.18. The lowest BCUT2D eigenvalue weighted by molar-refractivity contribution is -0.120. The van der Waals surface area contributed by atoms with Gasteiger partial charge in [-0.25, -0.2) is 0 Å². The third-order valence-electron chi connectivity index (χ3n) is 6.95. The minimum Gasteiger partial charge on any atom is -0.336 e. The van der Waals surface area contributed by atoms with Crippen LogP contribution in [-0.4, -0.2) is 35.9 Å². The van der Waals surface area contributed by atoms with Crippen molar-refractivity contribution < 1.29 is 14.4 Å². The molecular formula is C35H44N4O3. The molecule has 0 aliphatic heterocycles. The maximum absolute atomic E-state index is 13.1. The lowest BCUT2D eigenvalue weighted by Crippen LogP contribution is -2.34. The van der Waals surface area contributed by atoms with E-state index >= 15 is 0 Å². The van der Waals surface area contributed by atoms with E-state index in [-0.39, 0.29) is 29.6 Å². The minimum atomic E-state index is -0.356. The van der Waals surface area contributed by atoms with Crippen molar-refractivity contribution in [3.05, 3.63) is 106 Å². The minimum absolute atomic E-state index is 0.00529. The molecule has 0 fully saturated rings. The number of nitrogens with zero attached hydrogens (tertiary/aromatic N) is 2. The van der Waals surface area contributed by atoms with Gasteiger partial charge < -0.3 is 15.5 Å². The monoisotopic (exact) mass is 568 g/mol. The van der Waals surface area contributed by atoms with E-state index in [9.17, 15) is 14.4 Å². The van der Waals surface area contributed by atoms with E-state index < -0.39 is 0 Å². The molecule has 2 amide bonds. The summed E-state index contributed by atoms with van der Waals surface area (Å²) >= 11 is 0. The Morgan fingerprint density at radius 1 is 0.929 bits per heavy atom. The van der Waals surface area contributed by atoms with Gasteiger partial charge in [0.15, 0.2) is 5.84 Å². The number of aryl methyl sites for hydroxylation is 2. The van der Waals surface area contributed by atoms with Gasteiger partial charge in [-0.3, -0.25) is 19.4 Å². The number of carbonyl (C=O) groups is 3. The summed E-state index contributed by atoms with van der Waals surface area (Å²) in [6.07, 6.45) is 2.21. The summed E-state index contributed by atoms with van der Waals surface area (Å²) in [5, 5.41) is 6.13. The van der Waals surface area contributed by atoms with Crippen LogP contribution in [0.1, 0.15) is 83.2 Å². The van der Waals surface area contributed by atoms with E-state index in [0.717, 1.165) is 34.1 Å². The van der Waals surface area contributed by atoms with Crippen LogP contribution in [0, 0.1) is 20.8 Å². The summed E-state index contributed by atoms with van der Waals surface area (Å²) in [7, 11) is 1.61. The molecular weight excluding hydrogens is 524 g/mol. The molecule has 0 spiro atoms. The number of nitrogens with one attached hydrogen (secondary N) is 2. The average molecular weight is 569 g/mol. The lowest BCUT2D eigenvalue weighted by atomic mass is 9.86. The first-order chi connectivity index (χ1) is 19.8. The smallest absolute Gasteiger partial charge is 0.292 e. The highest BCUT2D eigenvalue weighted by atomic mass is 16.2. The van der Waals surface area contributed by atoms with Crippen LogP contribution in [0.2, 0.25) is 0 Å². The van der Waals surface area contributed by atoms with E-state index in [1.54, 1.807) is 25.2 Å². The van der Waals surface area contributed by atoms with Crippen molar-refractivity contribution in [2.75, 3.05) is 17.7 Å². The van der Waals surface area contributed by atoms with E-state index in [2.05, 4.69) is 43.0 Å². The first-order valence-corrected chi connectivity index (χ1v) is 14.1. The SMILES string of the molecule is C=CN(C)C(=O)C(=NCc1c(C)ccc(NC(=O)c2ccc(C(C)(C)C)cc2)c1C)Nc1ccc(C=O)c(C)c1.CC. The standard InChI is InChI=1S/C33H38N4O3.C2H6/c1-9-37(8)32(40)30(35-27-16-13-25(20-38)22(3)18-27)34-19-28-21(2)10-17-29(23(28)4)36-31(39)24-11-14-26(15-12-24)33(5,6)7;1-2/h9-18,20H,1,19H2,2-8H3,(H,34,35)(H,36,39);1-2H3. The molecule has 7 nitrogen and oxygen atoms in total. The molecule has 3 aromatic rings. The molecule has 3 rings (SSSR count). The number of hydrogen-bond acceptors (Lipinski definition) is 4. The van der Waals surface area contributed by atoms with E-state index in [1.165, 1.54) is 11.1 Å². The number of carbonyl (C=O) groups excluding carboxylic acids is 3. The number of benzene rings is 3. The number of aldehydes is 1. The molecule has 42 heavy (non-hydrogen) atoms. The maximum Gasteiger partial charge on any atom is 0.292 e. The largest absolute Gasteiger partial charge is 0.336 e. The summed E-state index contributed by atoms with van der Waals surface area (Å²) in [5.41, 5.74) is 7.19. The van der Waals surface area contributed by atoms with Crippen LogP contribution in [-0.2, 0) is 16.8 Å². The van der Waals surface area contributed by atoms with Gasteiger partial charge in [-0.05, 0) is 96.6 Å². The second-order valence-corrected chi connectivity index (χ2v) is 10.9. The Morgan fingerprint density at radius 3 is 2.12 bits per heavy atom. The van der Waals surface area contributed by atoms with Crippen LogP contribution >= 0.6 is 0 Å². The third-order valence-corrected chi connectivity index (χ3v) is 6.95. The third kappa shape index (κ3) is 8.49. The Hall–Kier alpha value is -4.52. The van der Waals surface area contributed by atoms with Crippen LogP contribution in [0.4, 0.5) is 11.4 Å². The Labute approximate surface area is 250 Å². The number of amidine groups is 1. The number of amides is 2. The Bertz CT molecular complexity index is 1460. The highest BCUT2D eigenvalue weighted by Gasteiger charge is 2.18. The van der Waals surface area contributed by atoms with Crippen molar-refractivity contribution >= 4 is 35.3 Å². The number of anilines is 2. The molecule has 3 aromatic carbocycles. The van der Waals surface area contributed by atoms with Crippen LogP contribution in [0.3, 0.4) is 0 Å². The van der Waals surface area contributed by atoms with Crippen LogP contribution in [0.15, 0.2) is 72.4 Å². The molecule has 0 aromatic heterocycles. The topological polar surface area (TPSA) is 90.9 Å². The second kappa shape index (κ2) is 14.9. The molecule has 0 aliphatic carbocycles. The number of hydrogen-bond donors (Lipinski definition) is 2. The highest BCUT2D eigenvalue weighted by Crippen LogP contribution is 2.26. The fraction of sp³-hybridized carbons (Fsp3) is 0.314.